The molecule has 0 aromatic rings. The fourth-order valence-corrected chi connectivity index (χ4v) is 1.42. The van der Waals surface area contributed by atoms with Crippen LogP contribution in [0.5, 0.6) is 0 Å². The second-order valence-electron chi connectivity index (χ2n) is 3.68. The van der Waals surface area contributed by atoms with Crippen molar-refractivity contribution in [2.75, 3.05) is 13.1 Å². The molecule has 1 heterocycles. The third-order valence-corrected chi connectivity index (χ3v) is 2.03. The Bertz CT molecular complexity index is 218. The lowest BCUT2D eigenvalue weighted by Crippen LogP contribution is -2.38. The molecule has 1 atom stereocenters. The van der Waals surface area contributed by atoms with Crippen molar-refractivity contribution in [3.8, 4) is 0 Å². The number of nitrogens with one attached hydrogen (secondary N) is 1. The van der Waals surface area contributed by atoms with Crippen LogP contribution < -0.4 is 5.32 Å². The number of carbonyl (C=O) groups excluding carboxylic acids is 2. The zero-order chi connectivity index (χ0) is 10.6. The van der Waals surface area contributed by atoms with Gasteiger partial charge in [0, 0.05) is 13.1 Å². The number of likely N-dealkylation sites (tertiary alicyclic amines) is 1. The van der Waals surface area contributed by atoms with E-state index in [0.717, 1.165) is 12.8 Å². The minimum absolute atomic E-state index is 0.0337. The maximum Gasteiger partial charge on any atom is 0.407 e. The lowest BCUT2D eigenvalue weighted by atomic mass is 10.3. The number of rotatable bonds is 3. The summed E-state index contributed by atoms with van der Waals surface area (Å²) in [5.41, 5.74) is 0. The number of amides is 2. The van der Waals surface area contributed by atoms with Crippen LogP contribution >= 0.6 is 0 Å². The third-order valence-electron chi connectivity index (χ3n) is 2.03. The Morgan fingerprint density at radius 1 is 1.64 bits per heavy atom. The van der Waals surface area contributed by atoms with Crippen molar-refractivity contribution in [1.29, 1.82) is 0 Å². The van der Waals surface area contributed by atoms with Crippen molar-refractivity contribution < 1.29 is 14.3 Å². The van der Waals surface area contributed by atoms with Crippen molar-refractivity contribution >= 4 is 12.5 Å². The molecule has 1 unspecified atom stereocenters. The fourth-order valence-electron chi connectivity index (χ4n) is 1.42. The Kier molecular flexibility index (Phi) is 3.73. The van der Waals surface area contributed by atoms with Gasteiger partial charge in [-0.15, -0.1) is 0 Å². The summed E-state index contributed by atoms with van der Waals surface area (Å²) in [4.78, 5) is 23.2. The van der Waals surface area contributed by atoms with Gasteiger partial charge in [-0.25, -0.2) is 4.79 Å². The number of nitrogens with zero attached hydrogens (tertiary/aromatic N) is 1. The van der Waals surface area contributed by atoms with Gasteiger partial charge in [-0.05, 0) is 20.3 Å². The minimum atomic E-state index is -0.405. The molecule has 0 radical (unpaired) electrons. The van der Waals surface area contributed by atoms with Crippen LogP contribution in [-0.4, -0.2) is 42.6 Å². The van der Waals surface area contributed by atoms with Gasteiger partial charge in [0.1, 0.15) is 0 Å². The molecule has 1 aliphatic rings. The Labute approximate surface area is 83.4 Å². The molecule has 14 heavy (non-hydrogen) atoms. The summed E-state index contributed by atoms with van der Waals surface area (Å²) in [5, 5.41) is 2.71. The average molecular weight is 200 g/mol. The molecule has 0 aromatic carbocycles. The van der Waals surface area contributed by atoms with Crippen LogP contribution in [0.25, 0.3) is 0 Å². The molecule has 0 aromatic heterocycles. The first-order valence-electron chi connectivity index (χ1n) is 4.78. The van der Waals surface area contributed by atoms with E-state index in [0.29, 0.717) is 13.1 Å². The molecule has 0 spiro atoms. The van der Waals surface area contributed by atoms with Crippen LogP contribution in [0.3, 0.4) is 0 Å². The van der Waals surface area contributed by atoms with E-state index >= 15 is 0 Å². The SMILES string of the molecule is CC(C)OC(=O)NC1CCN(C=O)C1. The number of carbonyl (C=O) groups is 2. The predicted octanol–water partition coefficient (Wildman–Crippen LogP) is 0.352. The number of hydrogen-bond acceptors (Lipinski definition) is 3. The molecule has 0 bridgehead atoms. The smallest absolute Gasteiger partial charge is 0.407 e. The Morgan fingerprint density at radius 3 is 2.86 bits per heavy atom. The number of alkyl carbamates (subject to hydrolysis) is 1. The van der Waals surface area contributed by atoms with Crippen LogP contribution in [0.2, 0.25) is 0 Å². The quantitative estimate of drug-likeness (QED) is 0.669. The van der Waals surface area contributed by atoms with Crippen molar-refractivity contribution in [1.82, 2.24) is 10.2 Å². The molecule has 1 saturated heterocycles. The van der Waals surface area contributed by atoms with Gasteiger partial charge in [-0.3, -0.25) is 4.79 Å². The van der Waals surface area contributed by atoms with Gasteiger partial charge in [0.25, 0.3) is 0 Å². The first-order chi connectivity index (χ1) is 6.61. The largest absolute Gasteiger partial charge is 0.447 e. The minimum Gasteiger partial charge on any atom is -0.447 e. The van der Waals surface area contributed by atoms with E-state index in [1.807, 2.05) is 0 Å². The van der Waals surface area contributed by atoms with Gasteiger partial charge < -0.3 is 15.0 Å². The second-order valence-corrected chi connectivity index (χ2v) is 3.68. The van der Waals surface area contributed by atoms with Crippen LogP contribution in [-0.2, 0) is 9.53 Å². The molecule has 1 rings (SSSR count). The van der Waals surface area contributed by atoms with Gasteiger partial charge in [0.2, 0.25) is 6.41 Å². The van der Waals surface area contributed by atoms with E-state index in [2.05, 4.69) is 5.32 Å². The fraction of sp³-hybridized carbons (Fsp3) is 0.778. The molecule has 5 nitrogen and oxygen atoms in total. The van der Waals surface area contributed by atoms with E-state index in [1.165, 1.54) is 0 Å². The van der Waals surface area contributed by atoms with Gasteiger partial charge >= 0.3 is 6.09 Å². The summed E-state index contributed by atoms with van der Waals surface area (Å²) in [6.45, 7) is 4.88. The molecular weight excluding hydrogens is 184 g/mol. The summed E-state index contributed by atoms with van der Waals surface area (Å²) >= 11 is 0. The van der Waals surface area contributed by atoms with Crippen LogP contribution in [0.15, 0.2) is 0 Å². The van der Waals surface area contributed by atoms with E-state index in [9.17, 15) is 9.59 Å². The monoisotopic (exact) mass is 200 g/mol. The highest BCUT2D eigenvalue weighted by atomic mass is 16.6. The van der Waals surface area contributed by atoms with Crippen LogP contribution in [0.4, 0.5) is 4.79 Å². The van der Waals surface area contributed by atoms with Crippen molar-refractivity contribution in [3.63, 3.8) is 0 Å². The van der Waals surface area contributed by atoms with Crippen LogP contribution in [0.1, 0.15) is 20.3 Å². The highest BCUT2D eigenvalue weighted by Gasteiger charge is 2.23. The van der Waals surface area contributed by atoms with E-state index < -0.39 is 6.09 Å². The molecule has 80 valence electrons. The topological polar surface area (TPSA) is 58.6 Å². The lowest BCUT2D eigenvalue weighted by Gasteiger charge is -2.14. The molecular formula is C9H16N2O3. The number of hydrogen-bond donors (Lipinski definition) is 1. The van der Waals surface area contributed by atoms with Gasteiger partial charge in [-0.1, -0.05) is 0 Å². The van der Waals surface area contributed by atoms with Gasteiger partial charge in [-0.2, -0.15) is 0 Å². The summed E-state index contributed by atoms with van der Waals surface area (Å²) in [6.07, 6.45) is 1.08. The maximum atomic E-state index is 11.2. The normalized spacial score (nSPS) is 21.1. The first kappa shape index (κ1) is 10.8. The van der Waals surface area contributed by atoms with Crippen molar-refractivity contribution in [2.24, 2.45) is 0 Å². The molecule has 1 aliphatic heterocycles. The third kappa shape index (κ3) is 3.24. The van der Waals surface area contributed by atoms with Gasteiger partial charge in [0.15, 0.2) is 0 Å². The van der Waals surface area contributed by atoms with Gasteiger partial charge in [0.05, 0.1) is 12.1 Å². The zero-order valence-electron chi connectivity index (χ0n) is 8.53. The van der Waals surface area contributed by atoms with Crippen molar-refractivity contribution in [2.45, 2.75) is 32.4 Å². The molecule has 0 aliphatic carbocycles. The molecule has 2 amide bonds. The molecule has 1 N–H and O–H groups in total. The maximum absolute atomic E-state index is 11.2. The van der Waals surface area contributed by atoms with Crippen LogP contribution in [0, 0.1) is 0 Å². The van der Waals surface area contributed by atoms with Crippen molar-refractivity contribution in [3.05, 3.63) is 0 Å². The van der Waals surface area contributed by atoms with E-state index in [-0.39, 0.29) is 12.1 Å². The summed E-state index contributed by atoms with van der Waals surface area (Å²) in [5.74, 6) is 0. The molecule has 5 heteroatoms. The molecule has 1 fully saturated rings. The van der Waals surface area contributed by atoms with E-state index in [4.69, 9.17) is 4.74 Å². The summed E-state index contributed by atoms with van der Waals surface area (Å²) < 4.78 is 4.92. The second kappa shape index (κ2) is 4.83. The summed E-state index contributed by atoms with van der Waals surface area (Å²) in [7, 11) is 0. The first-order valence-corrected chi connectivity index (χ1v) is 4.78. The Balaban J connectivity index is 2.25. The predicted molar refractivity (Wildman–Crippen MR) is 50.8 cm³/mol. The summed E-state index contributed by atoms with van der Waals surface area (Å²) in [6, 6.07) is 0.0337. The highest BCUT2D eigenvalue weighted by Crippen LogP contribution is 2.06. The highest BCUT2D eigenvalue weighted by molar-refractivity contribution is 5.68. The Hall–Kier alpha value is -1.26. The Morgan fingerprint density at radius 2 is 2.36 bits per heavy atom. The standard InChI is InChI=1S/C9H16N2O3/c1-7(2)14-9(13)10-8-3-4-11(5-8)6-12/h6-8H,3-5H2,1-2H3,(H,10,13). The number of ether oxygens (including phenoxy) is 1. The average Bonchev–Trinajstić information content (AvgIpc) is 2.50. The van der Waals surface area contributed by atoms with E-state index in [1.54, 1.807) is 18.7 Å². The molecule has 0 saturated carbocycles. The lowest BCUT2D eigenvalue weighted by molar-refractivity contribution is -0.117. The zero-order valence-corrected chi connectivity index (χ0v) is 8.53.